The van der Waals surface area contributed by atoms with Crippen LogP contribution in [0.4, 0.5) is 10.5 Å². The fourth-order valence-corrected chi connectivity index (χ4v) is 1.42. The summed E-state index contributed by atoms with van der Waals surface area (Å²) < 4.78 is 0. The summed E-state index contributed by atoms with van der Waals surface area (Å²) in [7, 11) is 0. The molecule has 0 aliphatic carbocycles. The quantitative estimate of drug-likeness (QED) is 0.868. The number of hydrogen-bond donors (Lipinski definition) is 2. The van der Waals surface area contributed by atoms with Crippen molar-refractivity contribution in [1.82, 2.24) is 5.32 Å². The Hall–Kier alpha value is -1.55. The summed E-state index contributed by atoms with van der Waals surface area (Å²) in [4.78, 5) is 22.2. The second-order valence-corrected chi connectivity index (χ2v) is 4.23. The van der Waals surface area contributed by atoms with E-state index in [4.69, 9.17) is 11.6 Å². The molecular formula is C12H15ClN2O2. The van der Waals surface area contributed by atoms with Crippen molar-refractivity contribution >= 4 is 29.1 Å². The summed E-state index contributed by atoms with van der Waals surface area (Å²) in [6.45, 7) is 3.70. The summed E-state index contributed by atoms with van der Waals surface area (Å²) in [6.07, 6.45) is 0.335. The highest BCUT2D eigenvalue weighted by atomic mass is 35.5. The molecule has 0 spiro atoms. The minimum absolute atomic E-state index is 0.0456. The summed E-state index contributed by atoms with van der Waals surface area (Å²) in [6, 6.07) is 4.93. The Balaban J connectivity index is 2.50. The Labute approximate surface area is 105 Å². The van der Waals surface area contributed by atoms with Crippen LogP contribution in [0.15, 0.2) is 18.2 Å². The zero-order chi connectivity index (χ0) is 12.8. The van der Waals surface area contributed by atoms with Gasteiger partial charge in [0.1, 0.15) is 5.78 Å². The maximum Gasteiger partial charge on any atom is 0.319 e. The van der Waals surface area contributed by atoms with Crippen LogP contribution in [0.5, 0.6) is 0 Å². The number of anilines is 1. The molecule has 92 valence electrons. The number of rotatable bonds is 4. The van der Waals surface area contributed by atoms with Crippen LogP contribution in [-0.4, -0.2) is 18.4 Å². The molecule has 1 aromatic rings. The number of nitrogens with one attached hydrogen (secondary N) is 2. The van der Waals surface area contributed by atoms with Gasteiger partial charge in [-0.2, -0.15) is 0 Å². The first-order chi connectivity index (χ1) is 7.99. The van der Waals surface area contributed by atoms with Gasteiger partial charge in [0.25, 0.3) is 0 Å². The number of benzene rings is 1. The molecule has 0 heterocycles. The Kier molecular flexibility index (Phi) is 4.97. The van der Waals surface area contributed by atoms with Gasteiger partial charge in [0.15, 0.2) is 0 Å². The van der Waals surface area contributed by atoms with Crippen LogP contribution < -0.4 is 10.6 Å². The van der Waals surface area contributed by atoms with Gasteiger partial charge < -0.3 is 10.6 Å². The highest BCUT2D eigenvalue weighted by Crippen LogP contribution is 2.19. The van der Waals surface area contributed by atoms with Gasteiger partial charge in [-0.15, -0.1) is 0 Å². The van der Waals surface area contributed by atoms with Crippen LogP contribution in [0, 0.1) is 6.92 Å². The minimum Gasteiger partial charge on any atom is -0.337 e. The van der Waals surface area contributed by atoms with Crippen LogP contribution in [0.2, 0.25) is 5.02 Å². The lowest BCUT2D eigenvalue weighted by atomic mass is 10.2. The molecule has 4 nitrogen and oxygen atoms in total. The van der Waals surface area contributed by atoms with Crippen LogP contribution in [0.3, 0.4) is 0 Å². The molecule has 5 heteroatoms. The van der Waals surface area contributed by atoms with Gasteiger partial charge in [-0.1, -0.05) is 17.7 Å². The Morgan fingerprint density at radius 3 is 2.71 bits per heavy atom. The van der Waals surface area contributed by atoms with E-state index in [2.05, 4.69) is 10.6 Å². The van der Waals surface area contributed by atoms with Crippen LogP contribution in [0.25, 0.3) is 0 Å². The average molecular weight is 255 g/mol. The Bertz CT molecular complexity index is 433. The molecule has 2 N–H and O–H groups in total. The maximum atomic E-state index is 11.5. The lowest BCUT2D eigenvalue weighted by Gasteiger charge is -2.09. The lowest BCUT2D eigenvalue weighted by Crippen LogP contribution is -2.30. The van der Waals surface area contributed by atoms with E-state index in [-0.39, 0.29) is 11.8 Å². The van der Waals surface area contributed by atoms with E-state index in [1.165, 1.54) is 6.92 Å². The van der Waals surface area contributed by atoms with E-state index >= 15 is 0 Å². The number of carbonyl (C=O) groups is 2. The number of ketones is 1. The van der Waals surface area contributed by atoms with Crippen molar-refractivity contribution < 1.29 is 9.59 Å². The van der Waals surface area contributed by atoms with Crippen molar-refractivity contribution in [3.05, 3.63) is 28.8 Å². The van der Waals surface area contributed by atoms with Gasteiger partial charge in [0, 0.05) is 23.7 Å². The number of hydrogen-bond acceptors (Lipinski definition) is 2. The lowest BCUT2D eigenvalue weighted by molar-refractivity contribution is -0.116. The maximum absolute atomic E-state index is 11.5. The standard InChI is InChI=1S/C12H15ClN2O2/c1-8-3-4-10(13)7-11(8)15-12(17)14-6-5-9(2)16/h3-4,7H,5-6H2,1-2H3,(H2,14,15,17). The van der Waals surface area contributed by atoms with Gasteiger partial charge in [-0.25, -0.2) is 4.79 Å². The molecule has 0 aliphatic heterocycles. The Morgan fingerprint density at radius 2 is 2.06 bits per heavy atom. The van der Waals surface area contributed by atoms with E-state index in [0.717, 1.165) is 5.56 Å². The van der Waals surface area contributed by atoms with E-state index in [9.17, 15) is 9.59 Å². The summed E-state index contributed by atoms with van der Waals surface area (Å²) in [5.41, 5.74) is 1.59. The molecule has 0 radical (unpaired) electrons. The predicted octanol–water partition coefficient (Wildman–Crippen LogP) is 2.75. The number of halogens is 1. The van der Waals surface area contributed by atoms with Crippen molar-refractivity contribution in [3.63, 3.8) is 0 Å². The summed E-state index contributed by atoms with van der Waals surface area (Å²) in [5.74, 6) is 0.0456. The third-order valence-corrected chi connectivity index (χ3v) is 2.45. The number of aryl methyl sites for hydroxylation is 1. The topological polar surface area (TPSA) is 58.2 Å². The molecule has 0 saturated heterocycles. The van der Waals surface area contributed by atoms with Crippen molar-refractivity contribution in [2.24, 2.45) is 0 Å². The predicted molar refractivity (Wildman–Crippen MR) is 68.5 cm³/mol. The molecule has 0 aromatic heterocycles. The summed E-state index contributed by atoms with van der Waals surface area (Å²) in [5, 5.41) is 5.84. The second-order valence-electron chi connectivity index (χ2n) is 3.79. The number of amides is 2. The third kappa shape index (κ3) is 4.87. The van der Waals surface area contributed by atoms with Gasteiger partial charge in [0.05, 0.1) is 0 Å². The van der Waals surface area contributed by atoms with Crippen molar-refractivity contribution in [2.75, 3.05) is 11.9 Å². The SMILES string of the molecule is CC(=O)CCNC(=O)Nc1cc(Cl)ccc1C. The zero-order valence-corrected chi connectivity index (χ0v) is 10.6. The third-order valence-electron chi connectivity index (χ3n) is 2.21. The Morgan fingerprint density at radius 1 is 1.35 bits per heavy atom. The van der Waals surface area contributed by atoms with Crippen molar-refractivity contribution in [1.29, 1.82) is 0 Å². The van der Waals surface area contributed by atoms with Crippen LogP contribution >= 0.6 is 11.6 Å². The number of carbonyl (C=O) groups excluding carboxylic acids is 2. The molecular weight excluding hydrogens is 240 g/mol. The first-order valence-electron chi connectivity index (χ1n) is 5.29. The van der Waals surface area contributed by atoms with E-state index < -0.39 is 0 Å². The molecule has 1 rings (SSSR count). The largest absolute Gasteiger partial charge is 0.337 e. The van der Waals surface area contributed by atoms with Gasteiger partial charge >= 0.3 is 6.03 Å². The minimum atomic E-state index is -0.336. The molecule has 0 aliphatic rings. The molecule has 0 bridgehead atoms. The molecule has 17 heavy (non-hydrogen) atoms. The molecule has 0 unspecified atom stereocenters. The highest BCUT2D eigenvalue weighted by molar-refractivity contribution is 6.31. The van der Waals surface area contributed by atoms with Crippen LogP contribution in [-0.2, 0) is 4.79 Å². The summed E-state index contributed by atoms with van der Waals surface area (Å²) >= 11 is 5.83. The first kappa shape index (κ1) is 13.5. The van der Waals surface area contributed by atoms with Gasteiger partial charge in [-0.3, -0.25) is 4.79 Å². The molecule has 2 amide bonds. The van der Waals surface area contributed by atoms with E-state index in [1.807, 2.05) is 13.0 Å². The van der Waals surface area contributed by atoms with Crippen molar-refractivity contribution in [3.8, 4) is 0 Å². The van der Waals surface area contributed by atoms with Gasteiger partial charge in [-0.05, 0) is 31.5 Å². The molecule has 1 aromatic carbocycles. The second kappa shape index (κ2) is 6.25. The zero-order valence-electron chi connectivity index (χ0n) is 9.84. The van der Waals surface area contributed by atoms with Crippen LogP contribution in [0.1, 0.15) is 18.9 Å². The monoisotopic (exact) mass is 254 g/mol. The first-order valence-corrected chi connectivity index (χ1v) is 5.67. The number of Topliss-reactive ketones (excluding diaryl/α,β-unsaturated/α-hetero) is 1. The number of urea groups is 1. The highest BCUT2D eigenvalue weighted by Gasteiger charge is 2.04. The van der Waals surface area contributed by atoms with E-state index in [0.29, 0.717) is 23.7 Å². The fourth-order valence-electron chi connectivity index (χ4n) is 1.25. The molecule has 0 saturated carbocycles. The fraction of sp³-hybridized carbons (Fsp3) is 0.333. The van der Waals surface area contributed by atoms with E-state index in [1.54, 1.807) is 12.1 Å². The van der Waals surface area contributed by atoms with Crippen molar-refractivity contribution in [2.45, 2.75) is 20.3 Å². The smallest absolute Gasteiger partial charge is 0.319 e. The normalized spacial score (nSPS) is 9.82. The molecule has 0 fully saturated rings. The molecule has 0 atom stereocenters. The average Bonchev–Trinajstić information content (AvgIpc) is 2.23. The van der Waals surface area contributed by atoms with Gasteiger partial charge in [0.2, 0.25) is 0 Å².